The Hall–Kier alpha value is -1.87. The molecule has 1 aliphatic rings. The van der Waals surface area contributed by atoms with Gasteiger partial charge in [-0.25, -0.2) is 4.39 Å². The van der Waals surface area contributed by atoms with Crippen molar-refractivity contribution in [2.45, 2.75) is 32.9 Å². The average molecular weight is 284 g/mol. The number of hydrogen-bond donors (Lipinski definition) is 1. The molecule has 0 radical (unpaired) electrons. The van der Waals surface area contributed by atoms with Crippen molar-refractivity contribution in [3.63, 3.8) is 0 Å². The topological polar surface area (TPSA) is 29.3 Å². The molecule has 0 bridgehead atoms. The first-order valence-electron chi connectivity index (χ1n) is 7.42. The van der Waals surface area contributed by atoms with Crippen molar-refractivity contribution in [1.29, 1.82) is 0 Å². The molecule has 2 aromatic carbocycles. The van der Waals surface area contributed by atoms with Crippen molar-refractivity contribution in [2.75, 3.05) is 12.3 Å². The Morgan fingerprint density at radius 2 is 2.05 bits per heavy atom. The normalized spacial score (nSPS) is 16.5. The Labute approximate surface area is 125 Å². The Bertz CT molecular complexity index is 666. The van der Waals surface area contributed by atoms with Crippen LogP contribution in [0.1, 0.15) is 35.2 Å². The van der Waals surface area contributed by atoms with E-state index in [-0.39, 0.29) is 11.9 Å². The van der Waals surface area contributed by atoms with Crippen LogP contribution >= 0.6 is 0 Å². The van der Waals surface area contributed by atoms with Crippen LogP contribution < -0.4 is 5.73 Å². The van der Waals surface area contributed by atoms with Gasteiger partial charge in [-0.05, 0) is 54.7 Å². The van der Waals surface area contributed by atoms with Crippen LogP contribution in [0.2, 0.25) is 0 Å². The summed E-state index contributed by atoms with van der Waals surface area (Å²) < 4.78 is 13.8. The van der Waals surface area contributed by atoms with Crippen LogP contribution in [0.5, 0.6) is 0 Å². The average Bonchev–Trinajstić information content (AvgIpc) is 2.49. The van der Waals surface area contributed by atoms with E-state index in [0.29, 0.717) is 5.56 Å². The zero-order chi connectivity index (χ0) is 15.0. The predicted octanol–water partition coefficient (Wildman–Crippen LogP) is 3.84. The third kappa shape index (κ3) is 2.66. The van der Waals surface area contributed by atoms with E-state index in [2.05, 4.69) is 17.9 Å². The molecule has 0 amide bonds. The summed E-state index contributed by atoms with van der Waals surface area (Å²) in [6.07, 6.45) is 0.959. The van der Waals surface area contributed by atoms with Crippen molar-refractivity contribution in [3.05, 3.63) is 64.5 Å². The van der Waals surface area contributed by atoms with Crippen LogP contribution in [0.4, 0.5) is 10.1 Å². The number of aryl methyl sites for hydroxylation is 1. The molecule has 0 saturated heterocycles. The molecule has 2 N–H and O–H groups in total. The molecule has 1 unspecified atom stereocenters. The Kier molecular flexibility index (Phi) is 3.68. The van der Waals surface area contributed by atoms with Gasteiger partial charge in [0.2, 0.25) is 0 Å². The van der Waals surface area contributed by atoms with Gasteiger partial charge in [0, 0.05) is 24.8 Å². The molecular weight excluding hydrogens is 263 g/mol. The van der Waals surface area contributed by atoms with Gasteiger partial charge in [0.05, 0.1) is 0 Å². The first-order chi connectivity index (χ1) is 10.1. The summed E-state index contributed by atoms with van der Waals surface area (Å²) in [5.74, 6) is -0.124. The van der Waals surface area contributed by atoms with E-state index in [1.54, 1.807) is 13.0 Å². The van der Waals surface area contributed by atoms with E-state index in [9.17, 15) is 4.39 Å². The van der Waals surface area contributed by atoms with Gasteiger partial charge in [-0.2, -0.15) is 0 Å². The molecular formula is C18H21FN2. The van der Waals surface area contributed by atoms with Crippen LogP contribution in [0.25, 0.3) is 0 Å². The molecule has 0 spiro atoms. The van der Waals surface area contributed by atoms with E-state index in [1.165, 1.54) is 11.1 Å². The maximum atomic E-state index is 13.8. The van der Waals surface area contributed by atoms with Gasteiger partial charge < -0.3 is 5.73 Å². The van der Waals surface area contributed by atoms with Crippen molar-refractivity contribution in [1.82, 2.24) is 4.90 Å². The minimum atomic E-state index is -0.124. The molecule has 0 saturated carbocycles. The SMILES string of the molecule is Cc1ccc(C(C)N2CCc3c(N)cccc3C2)cc1F. The molecule has 21 heavy (non-hydrogen) atoms. The second kappa shape index (κ2) is 5.49. The molecule has 2 aromatic rings. The molecule has 3 heteroatoms. The monoisotopic (exact) mass is 284 g/mol. The van der Waals surface area contributed by atoms with Crippen molar-refractivity contribution < 1.29 is 4.39 Å². The highest BCUT2D eigenvalue weighted by molar-refractivity contribution is 5.52. The summed E-state index contributed by atoms with van der Waals surface area (Å²) in [6, 6.07) is 11.9. The Morgan fingerprint density at radius 3 is 2.81 bits per heavy atom. The lowest BCUT2D eigenvalue weighted by molar-refractivity contribution is 0.192. The van der Waals surface area contributed by atoms with Crippen LogP contribution in [0.3, 0.4) is 0 Å². The molecule has 1 atom stereocenters. The number of rotatable bonds is 2. The molecule has 2 nitrogen and oxygen atoms in total. The smallest absolute Gasteiger partial charge is 0.126 e. The van der Waals surface area contributed by atoms with Gasteiger partial charge in [0.15, 0.2) is 0 Å². The Morgan fingerprint density at radius 1 is 1.24 bits per heavy atom. The molecule has 1 heterocycles. The first kappa shape index (κ1) is 14.1. The first-order valence-corrected chi connectivity index (χ1v) is 7.42. The maximum absolute atomic E-state index is 13.8. The maximum Gasteiger partial charge on any atom is 0.126 e. The highest BCUT2D eigenvalue weighted by Gasteiger charge is 2.23. The molecule has 0 aliphatic carbocycles. The molecule has 0 aromatic heterocycles. The summed E-state index contributed by atoms with van der Waals surface area (Å²) in [7, 11) is 0. The van der Waals surface area contributed by atoms with Gasteiger partial charge in [0.1, 0.15) is 5.82 Å². The van der Waals surface area contributed by atoms with Crippen LogP contribution in [-0.4, -0.2) is 11.4 Å². The number of fused-ring (bicyclic) bond motifs is 1. The number of hydrogen-bond acceptors (Lipinski definition) is 2. The van der Waals surface area contributed by atoms with Crippen LogP contribution in [0.15, 0.2) is 36.4 Å². The van der Waals surface area contributed by atoms with Crippen LogP contribution in [0, 0.1) is 12.7 Å². The van der Waals surface area contributed by atoms with Gasteiger partial charge in [-0.3, -0.25) is 4.90 Å². The fraction of sp³-hybridized carbons (Fsp3) is 0.333. The fourth-order valence-corrected chi connectivity index (χ4v) is 3.07. The number of nitrogens with two attached hydrogens (primary N) is 1. The lowest BCUT2D eigenvalue weighted by Crippen LogP contribution is -2.33. The lowest BCUT2D eigenvalue weighted by atomic mass is 9.95. The number of nitrogen functional groups attached to an aromatic ring is 1. The van der Waals surface area contributed by atoms with Crippen molar-refractivity contribution in [2.24, 2.45) is 0 Å². The third-order valence-electron chi connectivity index (χ3n) is 4.56. The van der Waals surface area contributed by atoms with Gasteiger partial charge in [-0.1, -0.05) is 24.3 Å². The number of halogens is 1. The van der Waals surface area contributed by atoms with E-state index in [1.807, 2.05) is 24.3 Å². The molecule has 1 aliphatic heterocycles. The van der Waals surface area contributed by atoms with Gasteiger partial charge >= 0.3 is 0 Å². The number of nitrogens with zero attached hydrogens (tertiary/aromatic N) is 1. The lowest BCUT2D eigenvalue weighted by Gasteiger charge is -2.34. The minimum absolute atomic E-state index is 0.124. The van der Waals surface area contributed by atoms with Crippen molar-refractivity contribution >= 4 is 5.69 Å². The van der Waals surface area contributed by atoms with E-state index in [4.69, 9.17) is 5.73 Å². The Balaban J connectivity index is 1.83. The quantitative estimate of drug-likeness (QED) is 0.849. The molecule has 0 fully saturated rings. The minimum Gasteiger partial charge on any atom is -0.398 e. The standard InChI is InChI=1S/C18H21FN2/c1-12-6-7-14(10-17(12)19)13(2)21-9-8-16-15(11-21)4-3-5-18(16)20/h3-7,10,13H,8-9,11,20H2,1-2H3. The molecule has 110 valence electrons. The highest BCUT2D eigenvalue weighted by Crippen LogP contribution is 2.30. The summed E-state index contributed by atoms with van der Waals surface area (Å²) in [5, 5.41) is 0. The van der Waals surface area contributed by atoms with E-state index in [0.717, 1.165) is 30.8 Å². The second-order valence-electron chi connectivity index (χ2n) is 5.89. The van der Waals surface area contributed by atoms with E-state index < -0.39 is 0 Å². The molecule has 3 rings (SSSR count). The van der Waals surface area contributed by atoms with Crippen molar-refractivity contribution in [3.8, 4) is 0 Å². The third-order valence-corrected chi connectivity index (χ3v) is 4.56. The second-order valence-corrected chi connectivity index (χ2v) is 5.89. The number of anilines is 1. The van der Waals surface area contributed by atoms with Gasteiger partial charge in [0.25, 0.3) is 0 Å². The summed E-state index contributed by atoms with van der Waals surface area (Å²) in [6.45, 7) is 5.76. The van der Waals surface area contributed by atoms with Gasteiger partial charge in [-0.15, -0.1) is 0 Å². The van der Waals surface area contributed by atoms with Crippen LogP contribution in [-0.2, 0) is 13.0 Å². The van der Waals surface area contributed by atoms with E-state index >= 15 is 0 Å². The summed E-state index contributed by atoms with van der Waals surface area (Å²) in [5.41, 5.74) is 11.2. The zero-order valence-electron chi connectivity index (χ0n) is 12.6. The summed E-state index contributed by atoms with van der Waals surface area (Å²) >= 11 is 0. The number of benzene rings is 2. The zero-order valence-corrected chi connectivity index (χ0v) is 12.6. The summed E-state index contributed by atoms with van der Waals surface area (Å²) in [4.78, 5) is 2.38. The highest BCUT2D eigenvalue weighted by atomic mass is 19.1. The fourth-order valence-electron chi connectivity index (χ4n) is 3.07. The predicted molar refractivity (Wildman–Crippen MR) is 84.5 cm³/mol. The largest absolute Gasteiger partial charge is 0.398 e.